The number of para-hydroxylation sites is 2. The van der Waals surface area contributed by atoms with Crippen LogP contribution in [0.15, 0.2) is 46.0 Å². The number of halogens is 1. The number of hydrogen-bond acceptors (Lipinski definition) is 6. The van der Waals surface area contributed by atoms with Crippen molar-refractivity contribution < 1.29 is 23.8 Å². The molecule has 156 valence electrons. The van der Waals surface area contributed by atoms with Gasteiger partial charge in [0.15, 0.2) is 11.5 Å². The van der Waals surface area contributed by atoms with Gasteiger partial charge < -0.3 is 19.5 Å². The summed E-state index contributed by atoms with van der Waals surface area (Å²) in [5.74, 6) is 2.73. The summed E-state index contributed by atoms with van der Waals surface area (Å²) in [6.45, 7) is 0.0926. The number of amides is 2. The van der Waals surface area contributed by atoms with Crippen LogP contribution in [0.1, 0.15) is 12.0 Å². The lowest BCUT2D eigenvalue weighted by Gasteiger charge is -2.11. The molecule has 0 unspecified atom stereocenters. The topological polar surface area (TPSA) is 98.2 Å². The van der Waals surface area contributed by atoms with Crippen molar-refractivity contribution in [2.75, 3.05) is 26.1 Å². The number of nitrogens with one attached hydrogen (secondary N) is 2. The molecule has 0 spiro atoms. The second-order valence-corrected chi connectivity index (χ2v) is 6.60. The molecule has 2 amide bonds. The SMILES string of the molecule is C#CCOc1c(Br)cc(C=NNC(=O)CC(=O)Nc2ccccc2OC)cc1OC. The van der Waals surface area contributed by atoms with Gasteiger partial charge >= 0.3 is 0 Å². The summed E-state index contributed by atoms with van der Waals surface area (Å²) in [4.78, 5) is 24.0. The fraction of sp³-hybridized carbons (Fsp3) is 0.190. The van der Waals surface area contributed by atoms with Crippen LogP contribution >= 0.6 is 15.9 Å². The van der Waals surface area contributed by atoms with Gasteiger partial charge in [-0.2, -0.15) is 5.10 Å². The molecule has 0 saturated heterocycles. The Hall–Kier alpha value is -3.51. The van der Waals surface area contributed by atoms with Gasteiger partial charge in [-0.1, -0.05) is 18.1 Å². The molecule has 0 radical (unpaired) electrons. The fourth-order valence-electron chi connectivity index (χ4n) is 2.37. The van der Waals surface area contributed by atoms with Crippen molar-refractivity contribution in [3.05, 3.63) is 46.4 Å². The minimum Gasteiger partial charge on any atom is -0.495 e. The average molecular weight is 474 g/mol. The standard InChI is InChI=1S/C21H20BrN3O5/c1-4-9-30-21-15(22)10-14(11-18(21)29-3)13-23-25-20(27)12-19(26)24-16-7-5-6-8-17(16)28-2/h1,5-8,10-11,13H,9,12H2,2-3H3,(H,24,26)(H,25,27). The number of terminal acetylenes is 1. The highest BCUT2D eigenvalue weighted by Crippen LogP contribution is 2.36. The zero-order chi connectivity index (χ0) is 21.9. The van der Waals surface area contributed by atoms with E-state index in [1.807, 2.05) is 0 Å². The van der Waals surface area contributed by atoms with Crippen LogP contribution in [0.5, 0.6) is 17.2 Å². The molecule has 0 aliphatic heterocycles. The maximum absolute atomic E-state index is 12.0. The van der Waals surface area contributed by atoms with Crippen molar-refractivity contribution >= 4 is 39.6 Å². The van der Waals surface area contributed by atoms with Gasteiger partial charge in [0.05, 0.1) is 30.6 Å². The minimum absolute atomic E-state index is 0.0926. The van der Waals surface area contributed by atoms with Crippen molar-refractivity contribution in [2.45, 2.75) is 6.42 Å². The molecule has 0 aliphatic carbocycles. The van der Waals surface area contributed by atoms with Gasteiger partial charge in [0, 0.05) is 0 Å². The molecule has 2 aromatic carbocycles. The summed E-state index contributed by atoms with van der Waals surface area (Å²) >= 11 is 3.38. The number of rotatable bonds is 9. The van der Waals surface area contributed by atoms with Crippen molar-refractivity contribution in [1.29, 1.82) is 0 Å². The van der Waals surface area contributed by atoms with E-state index in [-0.39, 0.29) is 6.61 Å². The normalized spacial score (nSPS) is 10.2. The molecule has 0 atom stereocenters. The Morgan fingerprint density at radius 3 is 2.60 bits per heavy atom. The Bertz CT molecular complexity index is 985. The molecule has 2 rings (SSSR count). The Kier molecular flexibility index (Phi) is 8.72. The maximum atomic E-state index is 12.0. The van der Waals surface area contributed by atoms with Gasteiger partial charge in [-0.25, -0.2) is 5.43 Å². The first-order valence-corrected chi connectivity index (χ1v) is 9.46. The van der Waals surface area contributed by atoms with E-state index in [1.165, 1.54) is 20.4 Å². The smallest absolute Gasteiger partial charge is 0.249 e. The van der Waals surface area contributed by atoms with Gasteiger partial charge in [-0.05, 0) is 45.8 Å². The summed E-state index contributed by atoms with van der Waals surface area (Å²) < 4.78 is 16.5. The summed E-state index contributed by atoms with van der Waals surface area (Å²) in [6, 6.07) is 10.3. The van der Waals surface area contributed by atoms with Gasteiger partial charge in [-0.15, -0.1) is 6.42 Å². The molecule has 30 heavy (non-hydrogen) atoms. The first-order chi connectivity index (χ1) is 14.5. The lowest BCUT2D eigenvalue weighted by atomic mass is 10.2. The molecule has 0 aromatic heterocycles. The molecule has 9 heteroatoms. The van der Waals surface area contributed by atoms with Crippen LogP contribution in [0.25, 0.3) is 0 Å². The number of anilines is 1. The van der Waals surface area contributed by atoms with E-state index in [1.54, 1.807) is 36.4 Å². The number of benzene rings is 2. The van der Waals surface area contributed by atoms with Crippen LogP contribution in [0, 0.1) is 12.3 Å². The zero-order valence-electron chi connectivity index (χ0n) is 16.4. The van der Waals surface area contributed by atoms with Gasteiger partial charge in [0.2, 0.25) is 11.8 Å². The van der Waals surface area contributed by atoms with E-state index in [0.29, 0.717) is 33.0 Å². The van der Waals surface area contributed by atoms with Crippen molar-refractivity contribution in [3.63, 3.8) is 0 Å². The van der Waals surface area contributed by atoms with Crippen LogP contribution in [0.3, 0.4) is 0 Å². The molecule has 0 bridgehead atoms. The van der Waals surface area contributed by atoms with E-state index < -0.39 is 18.2 Å². The molecule has 0 aliphatic rings. The van der Waals surface area contributed by atoms with Crippen LogP contribution in [-0.2, 0) is 9.59 Å². The fourth-order valence-corrected chi connectivity index (χ4v) is 2.95. The Morgan fingerprint density at radius 1 is 1.17 bits per heavy atom. The highest BCUT2D eigenvalue weighted by Gasteiger charge is 2.12. The molecule has 8 nitrogen and oxygen atoms in total. The van der Waals surface area contributed by atoms with Crippen LogP contribution < -0.4 is 25.0 Å². The van der Waals surface area contributed by atoms with Crippen molar-refractivity contribution in [3.8, 4) is 29.6 Å². The number of methoxy groups -OCH3 is 2. The number of nitrogens with zero attached hydrogens (tertiary/aromatic N) is 1. The van der Waals surface area contributed by atoms with Crippen LogP contribution in [-0.4, -0.2) is 38.9 Å². The maximum Gasteiger partial charge on any atom is 0.249 e. The van der Waals surface area contributed by atoms with E-state index in [0.717, 1.165) is 0 Å². The van der Waals surface area contributed by atoms with E-state index in [4.69, 9.17) is 20.6 Å². The third kappa shape index (κ3) is 6.53. The Balaban J connectivity index is 1.94. The second kappa shape index (κ2) is 11.5. The van der Waals surface area contributed by atoms with Gasteiger partial charge in [0.25, 0.3) is 0 Å². The van der Waals surface area contributed by atoms with Gasteiger partial charge in [-0.3, -0.25) is 9.59 Å². The number of hydrazone groups is 1. The largest absolute Gasteiger partial charge is 0.495 e. The first-order valence-electron chi connectivity index (χ1n) is 8.67. The third-order valence-electron chi connectivity index (χ3n) is 3.66. The first kappa shape index (κ1) is 22.8. The monoisotopic (exact) mass is 473 g/mol. The zero-order valence-corrected chi connectivity index (χ0v) is 18.0. The average Bonchev–Trinajstić information content (AvgIpc) is 2.72. The van der Waals surface area contributed by atoms with E-state index >= 15 is 0 Å². The second-order valence-electron chi connectivity index (χ2n) is 5.75. The number of hydrogen-bond donors (Lipinski definition) is 2. The Labute approximate surface area is 182 Å². The summed E-state index contributed by atoms with van der Waals surface area (Å²) in [5.41, 5.74) is 3.41. The minimum atomic E-state index is -0.571. The van der Waals surface area contributed by atoms with E-state index in [2.05, 4.69) is 37.7 Å². The predicted octanol–water partition coefficient (Wildman–Crippen LogP) is 2.96. The molecule has 2 aromatic rings. The third-order valence-corrected chi connectivity index (χ3v) is 4.25. The molecular formula is C21H20BrN3O5. The molecule has 0 heterocycles. The van der Waals surface area contributed by atoms with Gasteiger partial charge in [0.1, 0.15) is 18.8 Å². The van der Waals surface area contributed by atoms with Crippen molar-refractivity contribution in [1.82, 2.24) is 5.43 Å². The Morgan fingerprint density at radius 2 is 1.90 bits per heavy atom. The molecule has 0 saturated carbocycles. The van der Waals surface area contributed by atoms with Crippen molar-refractivity contribution in [2.24, 2.45) is 5.10 Å². The lowest BCUT2D eigenvalue weighted by molar-refractivity contribution is -0.126. The molecule has 2 N–H and O–H groups in total. The lowest BCUT2D eigenvalue weighted by Crippen LogP contribution is -2.24. The van der Waals surface area contributed by atoms with E-state index in [9.17, 15) is 9.59 Å². The summed E-state index contributed by atoms with van der Waals surface area (Å²) in [7, 11) is 2.99. The highest BCUT2D eigenvalue weighted by molar-refractivity contribution is 9.10. The quantitative estimate of drug-likeness (QED) is 0.252. The summed E-state index contributed by atoms with van der Waals surface area (Å²) in [5, 5.41) is 6.48. The predicted molar refractivity (Wildman–Crippen MR) is 117 cm³/mol. The number of ether oxygens (including phenoxy) is 3. The number of carbonyl (C=O) groups is 2. The molecular weight excluding hydrogens is 454 g/mol. The van der Waals surface area contributed by atoms with Crippen LogP contribution in [0.4, 0.5) is 5.69 Å². The van der Waals surface area contributed by atoms with Crippen LogP contribution in [0.2, 0.25) is 0 Å². The molecule has 0 fully saturated rings. The highest BCUT2D eigenvalue weighted by atomic mass is 79.9. The summed E-state index contributed by atoms with van der Waals surface area (Å²) in [6.07, 6.45) is 6.22. The number of carbonyl (C=O) groups excluding carboxylic acids is 2.